The predicted molar refractivity (Wildman–Crippen MR) is 116 cm³/mol. The summed E-state index contributed by atoms with van der Waals surface area (Å²) in [5.41, 5.74) is 4.67. The number of anilines is 1. The maximum atomic E-state index is 12.0. The molecular formula is C20H17Br2N3O2. The number of halogens is 2. The number of carbonyl (C=O) groups excluding carboxylic acids is 1. The summed E-state index contributed by atoms with van der Waals surface area (Å²) in [4.78, 5) is 12.0. The van der Waals surface area contributed by atoms with Crippen molar-refractivity contribution in [2.24, 2.45) is 5.10 Å². The Hall–Kier alpha value is -2.38. The van der Waals surface area contributed by atoms with E-state index in [1.807, 2.05) is 49.4 Å². The maximum Gasteiger partial charge on any atom is 0.259 e. The lowest BCUT2D eigenvalue weighted by molar-refractivity contribution is -0.119. The molecule has 138 valence electrons. The van der Waals surface area contributed by atoms with Crippen LogP contribution in [0.15, 0.2) is 62.6 Å². The Morgan fingerprint density at radius 1 is 1.15 bits per heavy atom. The van der Waals surface area contributed by atoms with Gasteiger partial charge in [0.25, 0.3) is 5.91 Å². The second-order valence-electron chi connectivity index (χ2n) is 5.94. The fourth-order valence-corrected chi connectivity index (χ4v) is 3.67. The van der Waals surface area contributed by atoms with Crippen molar-refractivity contribution in [2.45, 2.75) is 6.92 Å². The van der Waals surface area contributed by atoms with Crippen LogP contribution in [0.25, 0.3) is 10.8 Å². The van der Waals surface area contributed by atoms with Crippen LogP contribution in [0.3, 0.4) is 0 Å². The highest BCUT2D eigenvalue weighted by atomic mass is 79.9. The molecule has 0 atom stereocenters. The first kappa shape index (κ1) is 19.4. The lowest BCUT2D eigenvalue weighted by Crippen LogP contribution is -2.25. The first-order valence-electron chi connectivity index (χ1n) is 8.18. The number of phenolic OH excluding ortho intramolecular Hbond substituents is 1. The van der Waals surface area contributed by atoms with Gasteiger partial charge >= 0.3 is 0 Å². The molecule has 3 N–H and O–H groups in total. The van der Waals surface area contributed by atoms with Crippen LogP contribution in [-0.4, -0.2) is 23.8 Å². The van der Waals surface area contributed by atoms with Gasteiger partial charge in [-0.05, 0) is 57.4 Å². The van der Waals surface area contributed by atoms with Gasteiger partial charge in [-0.25, -0.2) is 5.43 Å². The second-order valence-corrected chi connectivity index (χ2v) is 7.59. The minimum atomic E-state index is -0.288. The van der Waals surface area contributed by atoms with Crippen LogP contribution in [0.2, 0.25) is 0 Å². The average Bonchev–Trinajstić information content (AvgIpc) is 2.68. The molecule has 3 aromatic carbocycles. The zero-order valence-electron chi connectivity index (χ0n) is 14.5. The molecule has 0 saturated heterocycles. The topological polar surface area (TPSA) is 73.7 Å². The lowest BCUT2D eigenvalue weighted by atomic mass is 10.1. The Kier molecular flexibility index (Phi) is 6.13. The third kappa shape index (κ3) is 4.67. The number of fused-ring (bicyclic) bond motifs is 1. The first-order valence-corrected chi connectivity index (χ1v) is 9.76. The molecule has 0 heterocycles. The molecule has 0 aromatic heterocycles. The van der Waals surface area contributed by atoms with Gasteiger partial charge in [0.2, 0.25) is 0 Å². The van der Waals surface area contributed by atoms with Crippen LogP contribution >= 0.6 is 31.9 Å². The Morgan fingerprint density at radius 2 is 1.89 bits per heavy atom. The normalized spacial score (nSPS) is 11.1. The van der Waals surface area contributed by atoms with E-state index in [-0.39, 0.29) is 18.2 Å². The summed E-state index contributed by atoms with van der Waals surface area (Å²) in [6.45, 7) is 1.96. The van der Waals surface area contributed by atoms with Gasteiger partial charge in [-0.15, -0.1) is 0 Å². The molecule has 3 aromatic rings. The summed E-state index contributed by atoms with van der Waals surface area (Å²) in [5, 5.41) is 19.4. The molecule has 0 bridgehead atoms. The van der Waals surface area contributed by atoms with Gasteiger partial charge in [0.1, 0.15) is 5.75 Å². The number of hydrogen-bond donors (Lipinski definition) is 3. The Morgan fingerprint density at radius 3 is 2.67 bits per heavy atom. The van der Waals surface area contributed by atoms with E-state index in [0.29, 0.717) is 10.0 Å². The second kappa shape index (κ2) is 8.54. The number of benzene rings is 3. The fourth-order valence-electron chi connectivity index (χ4n) is 2.52. The van der Waals surface area contributed by atoms with Crippen LogP contribution in [0.4, 0.5) is 5.69 Å². The monoisotopic (exact) mass is 489 g/mol. The van der Waals surface area contributed by atoms with Crippen LogP contribution in [0.1, 0.15) is 11.1 Å². The molecule has 3 rings (SSSR count). The molecule has 0 unspecified atom stereocenters. The zero-order chi connectivity index (χ0) is 19.4. The predicted octanol–water partition coefficient (Wildman–Crippen LogP) is 4.94. The van der Waals surface area contributed by atoms with Crippen molar-refractivity contribution >= 4 is 60.4 Å². The number of rotatable bonds is 5. The van der Waals surface area contributed by atoms with Crippen molar-refractivity contribution < 1.29 is 9.90 Å². The van der Waals surface area contributed by atoms with Gasteiger partial charge in [-0.3, -0.25) is 4.79 Å². The first-order chi connectivity index (χ1) is 13.0. The van der Waals surface area contributed by atoms with E-state index < -0.39 is 0 Å². The van der Waals surface area contributed by atoms with Crippen molar-refractivity contribution in [2.75, 3.05) is 11.9 Å². The number of nitrogens with one attached hydrogen (secondary N) is 2. The van der Waals surface area contributed by atoms with Gasteiger partial charge in [0.15, 0.2) is 0 Å². The minimum Gasteiger partial charge on any atom is -0.506 e. The summed E-state index contributed by atoms with van der Waals surface area (Å²) < 4.78 is 1.42. The molecule has 5 nitrogen and oxygen atoms in total. The third-order valence-corrected chi connectivity index (χ3v) is 5.84. The molecule has 7 heteroatoms. The molecule has 0 spiro atoms. The molecule has 0 saturated carbocycles. The van der Waals surface area contributed by atoms with Crippen LogP contribution in [-0.2, 0) is 4.79 Å². The summed E-state index contributed by atoms with van der Waals surface area (Å²) in [6, 6.07) is 15.7. The van der Waals surface area contributed by atoms with Gasteiger partial charge in [0.05, 0.1) is 17.2 Å². The van der Waals surface area contributed by atoms with Crippen molar-refractivity contribution in [3.05, 3.63) is 68.6 Å². The molecule has 1 amide bonds. The minimum absolute atomic E-state index is 0.0722. The van der Waals surface area contributed by atoms with Crippen molar-refractivity contribution in [1.82, 2.24) is 5.43 Å². The van der Waals surface area contributed by atoms with Crippen molar-refractivity contribution in [3.8, 4) is 5.75 Å². The number of hydrogen-bond acceptors (Lipinski definition) is 4. The summed E-state index contributed by atoms with van der Waals surface area (Å²) in [5.74, 6) is -0.216. The Bertz CT molecular complexity index is 1040. The number of phenols is 1. The van der Waals surface area contributed by atoms with E-state index >= 15 is 0 Å². The van der Waals surface area contributed by atoms with E-state index in [1.165, 1.54) is 6.21 Å². The Balaban J connectivity index is 1.59. The van der Waals surface area contributed by atoms with Crippen molar-refractivity contribution in [1.29, 1.82) is 0 Å². The van der Waals surface area contributed by atoms with E-state index in [0.717, 1.165) is 26.5 Å². The lowest BCUT2D eigenvalue weighted by Gasteiger charge is -2.08. The fraction of sp³-hybridized carbons (Fsp3) is 0.100. The maximum absolute atomic E-state index is 12.0. The van der Waals surface area contributed by atoms with Gasteiger partial charge in [-0.1, -0.05) is 46.3 Å². The molecule has 0 radical (unpaired) electrons. The highest BCUT2D eigenvalue weighted by molar-refractivity contribution is 9.11. The number of amides is 1. The molecular weight excluding hydrogens is 474 g/mol. The molecule has 0 fully saturated rings. The van der Waals surface area contributed by atoms with E-state index in [4.69, 9.17) is 0 Å². The number of hydrazone groups is 1. The van der Waals surface area contributed by atoms with Gasteiger partial charge in [0, 0.05) is 15.7 Å². The van der Waals surface area contributed by atoms with Crippen LogP contribution in [0, 0.1) is 6.92 Å². The molecule has 0 aliphatic rings. The number of aromatic hydroxyl groups is 1. The van der Waals surface area contributed by atoms with Crippen molar-refractivity contribution in [3.63, 3.8) is 0 Å². The summed E-state index contributed by atoms with van der Waals surface area (Å²) >= 11 is 6.75. The van der Waals surface area contributed by atoms with Crippen LogP contribution in [0.5, 0.6) is 5.75 Å². The van der Waals surface area contributed by atoms with E-state index in [9.17, 15) is 9.90 Å². The van der Waals surface area contributed by atoms with Crippen LogP contribution < -0.4 is 10.7 Å². The molecule has 0 aliphatic heterocycles. The molecule has 0 aliphatic carbocycles. The van der Waals surface area contributed by atoms with Gasteiger partial charge in [-0.2, -0.15) is 5.10 Å². The summed E-state index contributed by atoms with van der Waals surface area (Å²) in [6.07, 6.45) is 1.40. The number of nitrogens with zero attached hydrogens (tertiary/aromatic N) is 1. The quantitative estimate of drug-likeness (QED) is 0.350. The number of carbonyl (C=O) groups is 1. The van der Waals surface area contributed by atoms with E-state index in [1.54, 1.807) is 6.07 Å². The highest BCUT2D eigenvalue weighted by Gasteiger charge is 2.10. The highest BCUT2D eigenvalue weighted by Crippen LogP contribution is 2.35. The smallest absolute Gasteiger partial charge is 0.259 e. The zero-order valence-corrected chi connectivity index (χ0v) is 17.6. The SMILES string of the molecule is Cc1c(Br)cc(/C=N\NC(=O)CNc2ccc3ccccc3c2)c(O)c1Br. The summed E-state index contributed by atoms with van der Waals surface area (Å²) in [7, 11) is 0. The largest absolute Gasteiger partial charge is 0.506 e. The van der Waals surface area contributed by atoms with Gasteiger partial charge < -0.3 is 10.4 Å². The standard InChI is InChI=1S/C20H17Br2N3O2/c1-12-17(21)9-15(20(27)19(12)22)10-24-25-18(26)11-23-16-7-6-13-4-2-3-5-14(13)8-16/h2-10,23,27H,11H2,1H3,(H,25,26)/b24-10-. The van der Waals surface area contributed by atoms with E-state index in [2.05, 4.69) is 47.7 Å². The Labute approximate surface area is 173 Å². The third-order valence-electron chi connectivity index (χ3n) is 4.05. The average molecular weight is 491 g/mol. The molecule has 27 heavy (non-hydrogen) atoms.